The maximum Gasteiger partial charge on any atom is 0.268 e. The van der Waals surface area contributed by atoms with E-state index in [9.17, 15) is 16.8 Å². The number of aromatic nitrogens is 2. The van der Waals surface area contributed by atoms with Crippen molar-refractivity contribution in [3.8, 4) is 11.3 Å². The normalized spacial score (nSPS) is 12.2. The van der Waals surface area contributed by atoms with Crippen LogP contribution in [-0.4, -0.2) is 25.8 Å². The lowest BCUT2D eigenvalue weighted by molar-refractivity contribution is 0.588. The molecule has 6 nitrogen and oxygen atoms in total. The van der Waals surface area contributed by atoms with E-state index in [0.717, 1.165) is 15.7 Å². The lowest BCUT2D eigenvalue weighted by Gasteiger charge is -2.10. The number of hydrogen-bond donors (Lipinski definition) is 0. The number of rotatable bonds is 4. The first-order chi connectivity index (χ1) is 11.7. The average molecular weight is 397 g/mol. The van der Waals surface area contributed by atoms with Gasteiger partial charge in [0.2, 0.25) is 0 Å². The van der Waals surface area contributed by atoms with Crippen molar-refractivity contribution in [1.29, 1.82) is 0 Å². The molecule has 0 saturated heterocycles. The molecule has 0 N–H and O–H groups in total. The molecule has 0 saturated carbocycles. The van der Waals surface area contributed by atoms with Gasteiger partial charge in [0.15, 0.2) is 0 Å². The van der Waals surface area contributed by atoms with Gasteiger partial charge in [-0.15, -0.1) is 0 Å². The van der Waals surface area contributed by atoms with Gasteiger partial charge >= 0.3 is 0 Å². The van der Waals surface area contributed by atoms with E-state index in [1.165, 1.54) is 30.6 Å². The first-order valence-electron chi connectivity index (χ1n) is 7.09. The van der Waals surface area contributed by atoms with Gasteiger partial charge in [-0.05, 0) is 37.3 Å². The molecule has 0 aliphatic heterocycles. The Labute approximate surface area is 150 Å². The van der Waals surface area contributed by atoms with Crippen LogP contribution in [0.2, 0.25) is 0 Å². The number of aryl methyl sites for hydroxylation is 1. The van der Waals surface area contributed by atoms with Gasteiger partial charge in [-0.25, -0.2) is 20.8 Å². The second-order valence-corrected chi connectivity index (χ2v) is 9.74. The molecule has 9 heteroatoms. The minimum atomic E-state index is -4.10. The lowest BCUT2D eigenvalue weighted by atomic mass is 10.2. The molecule has 2 aromatic heterocycles. The maximum atomic E-state index is 13.0. The number of halogens is 1. The van der Waals surface area contributed by atoms with Crippen molar-refractivity contribution in [1.82, 2.24) is 8.96 Å². The summed E-state index contributed by atoms with van der Waals surface area (Å²) in [6.45, 7) is 1.84. The van der Waals surface area contributed by atoms with E-state index in [1.54, 1.807) is 24.3 Å². The molecule has 130 valence electrons. The number of benzene rings is 1. The van der Waals surface area contributed by atoms with Gasteiger partial charge in [0.25, 0.3) is 19.1 Å². The summed E-state index contributed by atoms with van der Waals surface area (Å²) < 4.78 is 50.2. The smallest absolute Gasteiger partial charge is 0.264 e. The molecule has 0 amide bonds. The maximum absolute atomic E-state index is 13.0. The average Bonchev–Trinajstić information content (AvgIpc) is 3.02. The summed E-state index contributed by atoms with van der Waals surface area (Å²) in [4.78, 5) is 3.69. The van der Waals surface area contributed by atoms with Crippen molar-refractivity contribution in [2.45, 2.75) is 16.7 Å². The van der Waals surface area contributed by atoms with Crippen LogP contribution in [-0.2, 0) is 19.1 Å². The van der Waals surface area contributed by atoms with Crippen LogP contribution in [0.3, 0.4) is 0 Å². The standard InChI is InChI=1S/C16H13ClN2O4S2/c1-12-4-6-14(7-5-12)25(22,23)19-11-15(24(17,20)21)9-16(19)13-3-2-8-18-10-13/h2-11H,1H3. The van der Waals surface area contributed by atoms with Gasteiger partial charge < -0.3 is 0 Å². The Hall–Kier alpha value is -2.16. The van der Waals surface area contributed by atoms with Gasteiger partial charge in [-0.1, -0.05) is 17.7 Å². The Morgan fingerprint density at radius 1 is 1.00 bits per heavy atom. The van der Waals surface area contributed by atoms with Crippen LogP contribution in [0.25, 0.3) is 11.3 Å². The monoisotopic (exact) mass is 396 g/mol. The molecule has 0 radical (unpaired) electrons. The van der Waals surface area contributed by atoms with E-state index in [4.69, 9.17) is 10.7 Å². The molecule has 0 unspecified atom stereocenters. The molecule has 0 bridgehead atoms. The molecule has 0 fully saturated rings. The van der Waals surface area contributed by atoms with Gasteiger partial charge in [-0.2, -0.15) is 0 Å². The van der Waals surface area contributed by atoms with Crippen molar-refractivity contribution in [2.24, 2.45) is 0 Å². The van der Waals surface area contributed by atoms with Gasteiger partial charge in [0.05, 0.1) is 10.6 Å². The highest BCUT2D eigenvalue weighted by Crippen LogP contribution is 2.29. The van der Waals surface area contributed by atoms with E-state index in [0.29, 0.717) is 5.56 Å². The molecule has 3 aromatic rings. The summed E-state index contributed by atoms with van der Waals surface area (Å²) in [7, 11) is -2.71. The Balaban J connectivity index is 2.28. The summed E-state index contributed by atoms with van der Waals surface area (Å²) in [5.74, 6) is 0. The summed E-state index contributed by atoms with van der Waals surface area (Å²) >= 11 is 0. The minimum absolute atomic E-state index is 0.0392. The molecule has 25 heavy (non-hydrogen) atoms. The van der Waals surface area contributed by atoms with E-state index in [-0.39, 0.29) is 15.5 Å². The summed E-state index contributed by atoms with van der Waals surface area (Å²) in [5, 5.41) is 0. The van der Waals surface area contributed by atoms with Crippen LogP contribution >= 0.6 is 10.7 Å². The third kappa shape index (κ3) is 3.46. The van der Waals surface area contributed by atoms with Crippen LogP contribution in [0.5, 0.6) is 0 Å². The Morgan fingerprint density at radius 3 is 2.24 bits per heavy atom. The third-order valence-electron chi connectivity index (χ3n) is 3.58. The van der Waals surface area contributed by atoms with Crippen LogP contribution in [0.1, 0.15) is 5.56 Å². The molecule has 0 spiro atoms. The summed E-state index contributed by atoms with van der Waals surface area (Å²) in [6.07, 6.45) is 3.98. The zero-order chi connectivity index (χ0) is 18.2. The zero-order valence-corrected chi connectivity index (χ0v) is 15.4. The second kappa shape index (κ2) is 6.29. The van der Waals surface area contributed by atoms with E-state index in [2.05, 4.69) is 4.98 Å². The summed E-state index contributed by atoms with van der Waals surface area (Å²) in [6, 6.07) is 10.7. The van der Waals surface area contributed by atoms with Crippen molar-refractivity contribution in [2.75, 3.05) is 0 Å². The molecule has 2 heterocycles. The Morgan fingerprint density at radius 2 is 1.68 bits per heavy atom. The molecule has 0 aliphatic rings. The number of hydrogen-bond acceptors (Lipinski definition) is 5. The highest BCUT2D eigenvalue weighted by Gasteiger charge is 2.25. The summed E-state index contributed by atoms with van der Waals surface area (Å²) in [5.41, 5.74) is 1.51. The van der Waals surface area contributed by atoms with Crippen molar-refractivity contribution >= 4 is 29.8 Å². The second-order valence-electron chi connectivity index (χ2n) is 5.35. The fourth-order valence-electron chi connectivity index (χ4n) is 2.30. The zero-order valence-electron chi connectivity index (χ0n) is 13.0. The molecular weight excluding hydrogens is 384 g/mol. The molecule has 3 rings (SSSR count). The predicted octanol–water partition coefficient (Wildman–Crippen LogP) is 3.02. The van der Waals surface area contributed by atoms with Crippen molar-refractivity contribution < 1.29 is 16.8 Å². The fourth-order valence-corrected chi connectivity index (χ4v) is 4.48. The molecular formula is C16H13ClN2O4S2. The Bertz CT molecular complexity index is 1120. The molecule has 0 aliphatic carbocycles. The fraction of sp³-hybridized carbons (Fsp3) is 0.0625. The van der Waals surface area contributed by atoms with Gasteiger partial charge in [0, 0.05) is 34.8 Å². The van der Waals surface area contributed by atoms with Crippen LogP contribution in [0, 0.1) is 6.92 Å². The highest BCUT2D eigenvalue weighted by molar-refractivity contribution is 8.13. The third-order valence-corrected chi connectivity index (χ3v) is 6.59. The number of pyridine rings is 1. The van der Waals surface area contributed by atoms with E-state index in [1.807, 2.05) is 6.92 Å². The van der Waals surface area contributed by atoms with Crippen LogP contribution in [0.15, 0.2) is 70.8 Å². The number of nitrogens with zero attached hydrogens (tertiary/aromatic N) is 2. The molecule has 1 aromatic carbocycles. The van der Waals surface area contributed by atoms with Crippen molar-refractivity contribution in [3.05, 3.63) is 66.6 Å². The molecule has 0 atom stereocenters. The quantitative estimate of drug-likeness (QED) is 0.632. The predicted molar refractivity (Wildman–Crippen MR) is 94.5 cm³/mol. The first-order valence-corrected chi connectivity index (χ1v) is 10.8. The largest absolute Gasteiger partial charge is 0.268 e. The highest BCUT2D eigenvalue weighted by atomic mass is 35.7. The van der Waals surface area contributed by atoms with E-state index < -0.39 is 19.1 Å². The minimum Gasteiger partial charge on any atom is -0.264 e. The lowest BCUT2D eigenvalue weighted by Crippen LogP contribution is -2.13. The van der Waals surface area contributed by atoms with Gasteiger partial charge in [-0.3, -0.25) is 4.98 Å². The SMILES string of the molecule is Cc1ccc(S(=O)(=O)n2cc(S(=O)(=O)Cl)cc2-c2cccnc2)cc1. The van der Waals surface area contributed by atoms with Crippen molar-refractivity contribution in [3.63, 3.8) is 0 Å². The Kier molecular flexibility index (Phi) is 4.44. The van der Waals surface area contributed by atoms with Crippen LogP contribution in [0.4, 0.5) is 0 Å². The van der Waals surface area contributed by atoms with E-state index >= 15 is 0 Å². The van der Waals surface area contributed by atoms with Crippen LogP contribution < -0.4 is 0 Å². The first kappa shape index (κ1) is 17.7. The topological polar surface area (TPSA) is 86.1 Å². The van der Waals surface area contributed by atoms with Gasteiger partial charge in [0.1, 0.15) is 4.90 Å².